The average molecular weight is 325 g/mol. The van der Waals surface area contributed by atoms with E-state index in [2.05, 4.69) is 4.99 Å². The van der Waals surface area contributed by atoms with Crippen LogP contribution in [0.3, 0.4) is 0 Å². The Bertz CT molecular complexity index is 727. The summed E-state index contributed by atoms with van der Waals surface area (Å²) < 4.78 is 48.4. The molecule has 1 N–H and O–H groups in total. The molecule has 0 bridgehead atoms. The van der Waals surface area contributed by atoms with Crippen molar-refractivity contribution in [1.82, 2.24) is 0 Å². The quantitative estimate of drug-likeness (QED) is 0.858. The number of hydrogen-bond acceptors (Lipinski definition) is 4. The predicted molar refractivity (Wildman–Crippen MR) is 79.9 cm³/mol. The van der Waals surface area contributed by atoms with Gasteiger partial charge in [-0.1, -0.05) is 0 Å². The fraction of sp³-hybridized carbons (Fsp3) is 0.188. The number of aliphatic imine (C=N–C) groups is 1. The molecule has 2 aromatic rings. The second kappa shape index (κ2) is 6.60. The normalized spacial score (nSPS) is 11.7. The molecule has 122 valence electrons. The second-order valence-electron chi connectivity index (χ2n) is 4.57. The van der Waals surface area contributed by atoms with Crippen molar-refractivity contribution in [3.8, 4) is 17.2 Å². The number of phenols is 1. The Morgan fingerprint density at radius 1 is 1.04 bits per heavy atom. The van der Waals surface area contributed by atoms with E-state index in [0.29, 0.717) is 11.3 Å². The van der Waals surface area contributed by atoms with E-state index in [1.807, 2.05) is 0 Å². The van der Waals surface area contributed by atoms with E-state index in [4.69, 9.17) is 9.47 Å². The molecule has 0 amide bonds. The molecule has 0 aromatic heterocycles. The minimum absolute atomic E-state index is 0.00421. The molecule has 2 rings (SSSR count). The summed E-state index contributed by atoms with van der Waals surface area (Å²) in [4.78, 5) is 3.99. The lowest BCUT2D eigenvalue weighted by molar-refractivity contribution is -0.137. The third-order valence-electron chi connectivity index (χ3n) is 3.08. The van der Waals surface area contributed by atoms with Gasteiger partial charge in [-0.25, -0.2) is 0 Å². The summed E-state index contributed by atoms with van der Waals surface area (Å²) >= 11 is 0. The van der Waals surface area contributed by atoms with Crippen LogP contribution in [-0.4, -0.2) is 25.5 Å². The number of benzene rings is 2. The first kappa shape index (κ1) is 16.7. The van der Waals surface area contributed by atoms with E-state index in [1.165, 1.54) is 38.6 Å². The molecule has 4 nitrogen and oxygen atoms in total. The monoisotopic (exact) mass is 325 g/mol. The Morgan fingerprint density at radius 3 is 2.39 bits per heavy atom. The fourth-order valence-corrected chi connectivity index (χ4v) is 1.87. The summed E-state index contributed by atoms with van der Waals surface area (Å²) in [5, 5.41) is 9.76. The number of phenolic OH excluding ortho intramolecular Hbond substituents is 1. The van der Waals surface area contributed by atoms with Crippen molar-refractivity contribution in [1.29, 1.82) is 0 Å². The number of nitrogens with zero attached hydrogens (tertiary/aromatic N) is 1. The zero-order valence-corrected chi connectivity index (χ0v) is 12.4. The Hall–Kier alpha value is -2.70. The number of halogens is 3. The first-order valence-electron chi connectivity index (χ1n) is 6.51. The van der Waals surface area contributed by atoms with E-state index < -0.39 is 11.7 Å². The summed E-state index contributed by atoms with van der Waals surface area (Å²) in [5.74, 6) is 0.609. The second-order valence-corrected chi connectivity index (χ2v) is 4.57. The molecule has 7 heteroatoms. The highest BCUT2D eigenvalue weighted by molar-refractivity contribution is 5.86. The van der Waals surface area contributed by atoms with Crippen LogP contribution in [0.25, 0.3) is 0 Å². The lowest BCUT2D eigenvalue weighted by Crippen LogP contribution is -2.04. The minimum atomic E-state index is -4.48. The molecule has 0 saturated heterocycles. The summed E-state index contributed by atoms with van der Waals surface area (Å²) in [7, 11) is 2.80. The molecule has 0 fully saturated rings. The van der Waals surface area contributed by atoms with Crippen molar-refractivity contribution in [2.45, 2.75) is 6.18 Å². The predicted octanol–water partition coefficient (Wildman–Crippen LogP) is 4.18. The number of aromatic hydroxyl groups is 1. The SMILES string of the molecule is COc1ccc(O)c(C=Nc2cc(C(F)(F)F)ccc2OC)c1. The highest BCUT2D eigenvalue weighted by atomic mass is 19.4. The van der Waals surface area contributed by atoms with Crippen LogP contribution < -0.4 is 9.47 Å². The molecule has 0 heterocycles. The van der Waals surface area contributed by atoms with Gasteiger partial charge in [0.25, 0.3) is 0 Å². The van der Waals surface area contributed by atoms with Gasteiger partial charge in [0.05, 0.1) is 19.8 Å². The van der Waals surface area contributed by atoms with Crippen LogP contribution in [0.4, 0.5) is 18.9 Å². The van der Waals surface area contributed by atoms with Gasteiger partial charge in [-0.3, -0.25) is 4.99 Å². The number of hydrogen-bond donors (Lipinski definition) is 1. The third kappa shape index (κ3) is 3.94. The van der Waals surface area contributed by atoms with Crippen molar-refractivity contribution in [2.24, 2.45) is 4.99 Å². The van der Waals surface area contributed by atoms with Gasteiger partial charge < -0.3 is 14.6 Å². The van der Waals surface area contributed by atoms with Gasteiger partial charge in [0.1, 0.15) is 22.9 Å². The molecule has 0 aliphatic rings. The number of rotatable bonds is 4. The number of alkyl halides is 3. The van der Waals surface area contributed by atoms with Crippen molar-refractivity contribution in [3.05, 3.63) is 47.5 Å². The zero-order valence-electron chi connectivity index (χ0n) is 12.4. The summed E-state index contributed by atoms with van der Waals surface area (Å²) in [6.45, 7) is 0. The first-order valence-corrected chi connectivity index (χ1v) is 6.51. The van der Waals surface area contributed by atoms with Gasteiger partial charge in [0.2, 0.25) is 0 Å². The lowest BCUT2D eigenvalue weighted by atomic mass is 10.1. The molecular weight excluding hydrogens is 311 g/mol. The molecule has 23 heavy (non-hydrogen) atoms. The highest BCUT2D eigenvalue weighted by Crippen LogP contribution is 2.36. The molecule has 0 saturated carbocycles. The van der Waals surface area contributed by atoms with Gasteiger partial charge in [0.15, 0.2) is 0 Å². The van der Waals surface area contributed by atoms with Crippen molar-refractivity contribution < 1.29 is 27.8 Å². The van der Waals surface area contributed by atoms with E-state index in [0.717, 1.165) is 12.1 Å². The maximum atomic E-state index is 12.8. The van der Waals surface area contributed by atoms with E-state index in [-0.39, 0.29) is 17.2 Å². The molecule has 0 spiro atoms. The van der Waals surface area contributed by atoms with Crippen molar-refractivity contribution in [3.63, 3.8) is 0 Å². The molecule has 0 aliphatic carbocycles. The fourth-order valence-electron chi connectivity index (χ4n) is 1.87. The summed E-state index contributed by atoms with van der Waals surface area (Å²) in [5.41, 5.74) is -0.520. The minimum Gasteiger partial charge on any atom is -0.507 e. The topological polar surface area (TPSA) is 51.0 Å². The third-order valence-corrected chi connectivity index (χ3v) is 3.08. The Balaban J connectivity index is 2.42. The molecular formula is C16H14F3NO3. The van der Waals surface area contributed by atoms with Gasteiger partial charge in [-0.15, -0.1) is 0 Å². The Labute approximate surface area is 130 Å². The van der Waals surface area contributed by atoms with Crippen LogP contribution >= 0.6 is 0 Å². The van der Waals surface area contributed by atoms with Crippen LogP contribution in [0.2, 0.25) is 0 Å². The van der Waals surface area contributed by atoms with E-state index in [9.17, 15) is 18.3 Å². The van der Waals surface area contributed by atoms with E-state index >= 15 is 0 Å². The highest BCUT2D eigenvalue weighted by Gasteiger charge is 2.31. The van der Waals surface area contributed by atoms with Gasteiger partial charge in [0, 0.05) is 11.8 Å². The molecule has 0 aliphatic heterocycles. The van der Waals surface area contributed by atoms with Crippen LogP contribution in [0.1, 0.15) is 11.1 Å². The van der Waals surface area contributed by atoms with E-state index in [1.54, 1.807) is 6.07 Å². The van der Waals surface area contributed by atoms with Crippen LogP contribution in [0, 0.1) is 0 Å². The standard InChI is InChI=1S/C16H14F3NO3/c1-22-12-4-5-14(21)10(7-12)9-20-13-8-11(16(17,18)19)3-6-15(13)23-2/h3-9,21H,1-2H3. The van der Waals surface area contributed by atoms with Gasteiger partial charge in [-0.05, 0) is 36.4 Å². The lowest BCUT2D eigenvalue weighted by Gasteiger charge is -2.10. The smallest absolute Gasteiger partial charge is 0.416 e. The van der Waals surface area contributed by atoms with Gasteiger partial charge >= 0.3 is 6.18 Å². The van der Waals surface area contributed by atoms with Crippen LogP contribution in [0.15, 0.2) is 41.4 Å². The zero-order chi connectivity index (χ0) is 17.0. The molecule has 0 atom stereocenters. The Morgan fingerprint density at radius 2 is 1.78 bits per heavy atom. The maximum Gasteiger partial charge on any atom is 0.416 e. The molecule has 2 aromatic carbocycles. The largest absolute Gasteiger partial charge is 0.507 e. The van der Waals surface area contributed by atoms with Crippen LogP contribution in [-0.2, 0) is 6.18 Å². The molecule has 0 unspecified atom stereocenters. The van der Waals surface area contributed by atoms with Crippen LogP contribution in [0.5, 0.6) is 17.2 Å². The first-order chi connectivity index (χ1) is 10.8. The number of ether oxygens (including phenoxy) is 2. The van der Waals surface area contributed by atoms with Crippen molar-refractivity contribution in [2.75, 3.05) is 14.2 Å². The van der Waals surface area contributed by atoms with Crippen molar-refractivity contribution >= 4 is 11.9 Å². The summed E-state index contributed by atoms with van der Waals surface area (Å²) in [6, 6.07) is 7.47. The molecule has 0 radical (unpaired) electrons. The average Bonchev–Trinajstić information content (AvgIpc) is 2.53. The number of methoxy groups -OCH3 is 2. The Kier molecular flexibility index (Phi) is 4.78. The summed E-state index contributed by atoms with van der Waals surface area (Å²) in [6.07, 6.45) is -3.23. The van der Waals surface area contributed by atoms with Gasteiger partial charge in [-0.2, -0.15) is 13.2 Å². The maximum absolute atomic E-state index is 12.8.